The van der Waals surface area contributed by atoms with E-state index in [2.05, 4.69) is 10.6 Å². The molecule has 0 aliphatic carbocycles. The summed E-state index contributed by atoms with van der Waals surface area (Å²) in [5.41, 5.74) is 2.76. The molecule has 0 saturated carbocycles. The predicted octanol–water partition coefficient (Wildman–Crippen LogP) is -1.50. The first kappa shape index (κ1) is 20.3. The molecule has 0 aromatic heterocycles. The number of carboxylic acid groups (broad SMARTS) is 2. The van der Waals surface area contributed by atoms with E-state index in [1.165, 1.54) is 0 Å². The molecule has 0 rings (SSSR count). The highest BCUT2D eigenvalue weighted by atomic mass is 16.4. The van der Waals surface area contributed by atoms with Gasteiger partial charge in [0, 0.05) is 6.54 Å². The summed E-state index contributed by atoms with van der Waals surface area (Å²) < 4.78 is 0. The summed E-state index contributed by atoms with van der Waals surface area (Å²) in [7, 11) is 0. The Bertz CT molecular complexity index is 377. The highest BCUT2D eigenvalue weighted by molar-refractivity contribution is 5.90. The maximum Gasteiger partial charge on any atom is 0.336 e. The number of hydrogen-bond acceptors (Lipinski definition) is 6. The Morgan fingerprint density at radius 2 is 1.55 bits per heavy atom. The number of hydrogen-bond donors (Lipinski definition) is 6. The smallest absolute Gasteiger partial charge is 0.336 e. The number of carbonyl (C=O) groups excluding carboxylic acids is 1. The average Bonchev–Trinajstić information content (AvgIpc) is 2.40. The van der Waals surface area contributed by atoms with Crippen LogP contribution in [0.15, 0.2) is 0 Å². The molecular formula is C13H25N3O6. The minimum absolute atomic E-state index is 0.334. The van der Waals surface area contributed by atoms with Crippen molar-refractivity contribution in [2.75, 3.05) is 26.2 Å². The molecule has 22 heavy (non-hydrogen) atoms. The Morgan fingerprint density at radius 3 is 2.09 bits per heavy atom. The third-order valence-corrected chi connectivity index (χ3v) is 2.95. The van der Waals surface area contributed by atoms with E-state index in [4.69, 9.17) is 15.9 Å². The lowest BCUT2D eigenvalue weighted by atomic mass is 9.95. The van der Waals surface area contributed by atoms with Crippen molar-refractivity contribution in [2.45, 2.75) is 37.7 Å². The normalized spacial score (nSPS) is 13.4. The summed E-state index contributed by atoms with van der Waals surface area (Å²) in [6.45, 7) is 2.59. The average molecular weight is 319 g/mol. The van der Waals surface area contributed by atoms with Gasteiger partial charge in [0.05, 0.1) is 12.8 Å². The van der Waals surface area contributed by atoms with Crippen molar-refractivity contribution >= 4 is 17.8 Å². The van der Waals surface area contributed by atoms with Crippen LogP contribution in [-0.2, 0) is 14.4 Å². The van der Waals surface area contributed by atoms with Gasteiger partial charge in [0.15, 0.2) is 5.60 Å². The molecule has 0 aromatic carbocycles. The maximum atomic E-state index is 11.6. The summed E-state index contributed by atoms with van der Waals surface area (Å²) in [6.07, 6.45) is 0.591. The van der Waals surface area contributed by atoms with Crippen molar-refractivity contribution in [1.82, 2.24) is 10.6 Å². The molecule has 0 fully saturated rings. The quantitative estimate of drug-likeness (QED) is 0.223. The van der Waals surface area contributed by atoms with Crippen LogP contribution in [0, 0.1) is 0 Å². The number of carboxylic acids is 2. The number of nitrogens with one attached hydrogen (secondary N) is 2. The van der Waals surface area contributed by atoms with E-state index in [1.807, 2.05) is 0 Å². The van der Waals surface area contributed by atoms with Crippen molar-refractivity contribution in [3.05, 3.63) is 0 Å². The van der Waals surface area contributed by atoms with Crippen LogP contribution in [-0.4, -0.2) is 64.9 Å². The van der Waals surface area contributed by atoms with Gasteiger partial charge in [0.2, 0.25) is 5.91 Å². The van der Waals surface area contributed by atoms with E-state index in [1.54, 1.807) is 0 Å². The SMILES string of the molecule is NCCCNCCCCNC(=O)CC(O)(CC(=O)O)C(=O)O. The molecule has 128 valence electrons. The summed E-state index contributed by atoms with van der Waals surface area (Å²) in [5, 5.41) is 32.7. The number of rotatable bonds is 13. The molecule has 0 radical (unpaired) electrons. The molecule has 1 amide bonds. The standard InChI is InChI=1S/C13H25N3O6/c14-4-3-6-15-5-1-2-7-16-10(17)8-13(22,12(20)21)9-11(18)19/h15,22H,1-9,14H2,(H,16,17)(H,18,19)(H,20,21). The van der Waals surface area contributed by atoms with E-state index >= 15 is 0 Å². The zero-order valence-corrected chi connectivity index (χ0v) is 12.5. The minimum Gasteiger partial charge on any atom is -0.481 e. The largest absolute Gasteiger partial charge is 0.481 e. The maximum absolute atomic E-state index is 11.6. The van der Waals surface area contributed by atoms with Gasteiger partial charge in [0.1, 0.15) is 0 Å². The molecule has 7 N–H and O–H groups in total. The lowest BCUT2D eigenvalue weighted by Crippen LogP contribution is -2.45. The second kappa shape index (κ2) is 10.9. The van der Waals surface area contributed by atoms with Gasteiger partial charge < -0.3 is 31.7 Å². The second-order valence-corrected chi connectivity index (χ2v) is 5.03. The van der Waals surface area contributed by atoms with E-state index in [-0.39, 0.29) is 0 Å². The second-order valence-electron chi connectivity index (χ2n) is 5.03. The Labute approximate surface area is 128 Å². The van der Waals surface area contributed by atoms with Crippen LogP contribution >= 0.6 is 0 Å². The fraction of sp³-hybridized carbons (Fsp3) is 0.769. The summed E-state index contributed by atoms with van der Waals surface area (Å²) in [5.74, 6) is -3.90. The van der Waals surface area contributed by atoms with Gasteiger partial charge in [0.25, 0.3) is 0 Å². The summed E-state index contributed by atoms with van der Waals surface area (Å²) in [4.78, 5) is 33.0. The van der Waals surface area contributed by atoms with Crippen molar-refractivity contribution in [3.8, 4) is 0 Å². The summed E-state index contributed by atoms with van der Waals surface area (Å²) >= 11 is 0. The third kappa shape index (κ3) is 9.27. The van der Waals surface area contributed by atoms with Crippen LogP contribution in [0.5, 0.6) is 0 Å². The molecular weight excluding hydrogens is 294 g/mol. The molecule has 0 aliphatic heterocycles. The molecule has 1 atom stereocenters. The van der Waals surface area contributed by atoms with E-state index in [9.17, 15) is 19.5 Å². The number of aliphatic carboxylic acids is 2. The predicted molar refractivity (Wildman–Crippen MR) is 78.2 cm³/mol. The van der Waals surface area contributed by atoms with Gasteiger partial charge in [-0.1, -0.05) is 0 Å². The molecule has 0 saturated heterocycles. The van der Waals surface area contributed by atoms with E-state index in [0.717, 1.165) is 25.9 Å². The first-order valence-electron chi connectivity index (χ1n) is 7.17. The van der Waals surface area contributed by atoms with Gasteiger partial charge >= 0.3 is 11.9 Å². The molecule has 9 nitrogen and oxygen atoms in total. The van der Waals surface area contributed by atoms with Crippen molar-refractivity contribution in [3.63, 3.8) is 0 Å². The van der Waals surface area contributed by atoms with Crippen LogP contribution < -0.4 is 16.4 Å². The van der Waals surface area contributed by atoms with Gasteiger partial charge in [-0.15, -0.1) is 0 Å². The zero-order valence-electron chi connectivity index (χ0n) is 12.5. The summed E-state index contributed by atoms with van der Waals surface area (Å²) in [6, 6.07) is 0. The Hall–Kier alpha value is -1.71. The van der Waals surface area contributed by atoms with E-state index < -0.39 is 36.3 Å². The molecule has 9 heteroatoms. The van der Waals surface area contributed by atoms with Crippen LogP contribution in [0.25, 0.3) is 0 Å². The molecule has 1 unspecified atom stereocenters. The van der Waals surface area contributed by atoms with Gasteiger partial charge in [-0.05, 0) is 38.9 Å². The van der Waals surface area contributed by atoms with Gasteiger partial charge in [-0.2, -0.15) is 0 Å². The number of amides is 1. The first-order chi connectivity index (χ1) is 10.3. The first-order valence-corrected chi connectivity index (χ1v) is 7.17. The lowest BCUT2D eigenvalue weighted by molar-refractivity contribution is -0.167. The third-order valence-electron chi connectivity index (χ3n) is 2.95. The number of carbonyl (C=O) groups is 3. The van der Waals surface area contributed by atoms with Gasteiger partial charge in [-0.25, -0.2) is 4.79 Å². The highest BCUT2D eigenvalue weighted by Crippen LogP contribution is 2.15. The molecule has 0 bridgehead atoms. The zero-order chi connectivity index (χ0) is 17.0. The monoisotopic (exact) mass is 319 g/mol. The number of nitrogens with two attached hydrogens (primary N) is 1. The number of aliphatic hydroxyl groups is 1. The highest BCUT2D eigenvalue weighted by Gasteiger charge is 2.40. The molecule has 0 spiro atoms. The number of unbranched alkanes of at least 4 members (excludes halogenated alkanes) is 1. The molecule has 0 aromatic rings. The molecule has 0 aliphatic rings. The van der Waals surface area contributed by atoms with E-state index in [0.29, 0.717) is 19.5 Å². The van der Waals surface area contributed by atoms with Crippen LogP contribution in [0.1, 0.15) is 32.1 Å². The van der Waals surface area contributed by atoms with Crippen molar-refractivity contribution in [2.24, 2.45) is 5.73 Å². The lowest BCUT2D eigenvalue weighted by Gasteiger charge is -2.20. The van der Waals surface area contributed by atoms with Crippen LogP contribution in [0.2, 0.25) is 0 Å². The fourth-order valence-electron chi connectivity index (χ4n) is 1.75. The van der Waals surface area contributed by atoms with Crippen molar-refractivity contribution < 1.29 is 29.7 Å². The Balaban J connectivity index is 3.92. The molecule has 0 heterocycles. The Morgan fingerprint density at radius 1 is 0.955 bits per heavy atom. The Kier molecular flexibility index (Phi) is 10.1. The van der Waals surface area contributed by atoms with Gasteiger partial charge in [-0.3, -0.25) is 9.59 Å². The van der Waals surface area contributed by atoms with Crippen LogP contribution in [0.4, 0.5) is 0 Å². The fourth-order valence-corrected chi connectivity index (χ4v) is 1.75. The van der Waals surface area contributed by atoms with Crippen molar-refractivity contribution in [1.29, 1.82) is 0 Å². The minimum atomic E-state index is -2.58. The van der Waals surface area contributed by atoms with Crippen LogP contribution in [0.3, 0.4) is 0 Å². The topological polar surface area (TPSA) is 162 Å².